The first-order valence-corrected chi connectivity index (χ1v) is 12.4. The van der Waals surface area contributed by atoms with Gasteiger partial charge in [0.1, 0.15) is 5.82 Å². The molecule has 1 aliphatic carbocycles. The van der Waals surface area contributed by atoms with E-state index in [0.717, 1.165) is 0 Å². The molecule has 0 saturated heterocycles. The van der Waals surface area contributed by atoms with E-state index >= 15 is 4.39 Å². The number of aliphatic hydroxyl groups excluding tert-OH is 1. The lowest BCUT2D eigenvalue weighted by atomic mass is 9.82. The van der Waals surface area contributed by atoms with Gasteiger partial charge in [0, 0.05) is 16.7 Å². The Bertz CT molecular complexity index is 1250. The summed E-state index contributed by atoms with van der Waals surface area (Å²) in [4.78, 5) is 0. The van der Waals surface area contributed by atoms with Gasteiger partial charge in [-0.05, 0) is 74.8 Å². The number of rotatable bonds is 8. The zero-order valence-corrected chi connectivity index (χ0v) is 20.7. The summed E-state index contributed by atoms with van der Waals surface area (Å²) in [7, 11) is 0. The molecular formula is C29H29F5O3. The minimum atomic E-state index is -1.12. The summed E-state index contributed by atoms with van der Waals surface area (Å²) in [5.41, 5.74) is 0.645. The molecule has 1 saturated carbocycles. The molecule has 1 aliphatic rings. The molecular weight excluding hydrogens is 491 g/mol. The molecule has 0 aromatic heterocycles. The molecule has 0 aliphatic heterocycles. The normalized spacial score (nSPS) is 18.6. The van der Waals surface area contributed by atoms with Gasteiger partial charge in [0.25, 0.3) is 0 Å². The van der Waals surface area contributed by atoms with Crippen molar-refractivity contribution < 1.29 is 36.5 Å². The largest absolute Gasteiger partial charge is 0.491 e. The zero-order chi connectivity index (χ0) is 26.7. The number of hydrogen-bond donors (Lipinski definition) is 1. The monoisotopic (exact) mass is 520 g/mol. The predicted octanol–water partition coefficient (Wildman–Crippen LogP) is 7.74. The van der Waals surface area contributed by atoms with Crippen molar-refractivity contribution in [3.8, 4) is 16.9 Å². The summed E-state index contributed by atoms with van der Waals surface area (Å²) >= 11 is 0. The van der Waals surface area contributed by atoms with Crippen molar-refractivity contribution in [2.24, 2.45) is 0 Å². The summed E-state index contributed by atoms with van der Waals surface area (Å²) in [6.07, 6.45) is 1.19. The molecule has 1 atom stereocenters. The van der Waals surface area contributed by atoms with E-state index in [-0.39, 0.29) is 53.2 Å². The molecule has 198 valence electrons. The maximum atomic E-state index is 15.0. The Hall–Kier alpha value is -2.97. The smallest absolute Gasteiger partial charge is 0.201 e. The van der Waals surface area contributed by atoms with E-state index < -0.39 is 35.2 Å². The summed E-state index contributed by atoms with van der Waals surface area (Å²) in [5, 5.41) is 9.52. The topological polar surface area (TPSA) is 38.7 Å². The second-order valence-electron chi connectivity index (χ2n) is 9.31. The summed E-state index contributed by atoms with van der Waals surface area (Å²) < 4.78 is 83.1. The van der Waals surface area contributed by atoms with Crippen molar-refractivity contribution in [3.05, 3.63) is 88.2 Å². The molecule has 1 N–H and O–H groups in total. The Kier molecular flexibility index (Phi) is 8.49. The fourth-order valence-electron chi connectivity index (χ4n) is 4.83. The van der Waals surface area contributed by atoms with Crippen LogP contribution < -0.4 is 4.74 Å². The van der Waals surface area contributed by atoms with E-state index in [1.165, 1.54) is 37.3 Å². The SMILES string of the molecule is CCOc1ccc(-c2ccc(C3CCC(OCc4ccc(C(C)O)c(F)c4F)CC3)c(F)c2)c(F)c1F. The third-order valence-electron chi connectivity index (χ3n) is 6.89. The molecule has 0 amide bonds. The van der Waals surface area contributed by atoms with Crippen molar-refractivity contribution in [2.45, 2.75) is 64.3 Å². The van der Waals surface area contributed by atoms with E-state index in [1.807, 2.05) is 0 Å². The van der Waals surface area contributed by atoms with Crippen LogP contribution in [0.3, 0.4) is 0 Å². The van der Waals surface area contributed by atoms with Crippen LogP contribution >= 0.6 is 0 Å². The first kappa shape index (κ1) is 27.1. The van der Waals surface area contributed by atoms with Crippen LogP contribution in [0.5, 0.6) is 5.75 Å². The van der Waals surface area contributed by atoms with Gasteiger partial charge in [-0.15, -0.1) is 0 Å². The Morgan fingerprint density at radius 1 is 0.865 bits per heavy atom. The van der Waals surface area contributed by atoms with Crippen molar-refractivity contribution >= 4 is 0 Å². The van der Waals surface area contributed by atoms with E-state index in [2.05, 4.69) is 0 Å². The summed E-state index contributed by atoms with van der Waals surface area (Å²) in [6.45, 7) is 3.11. The molecule has 0 radical (unpaired) electrons. The number of ether oxygens (including phenoxy) is 2. The van der Waals surface area contributed by atoms with Gasteiger partial charge in [-0.3, -0.25) is 0 Å². The zero-order valence-electron chi connectivity index (χ0n) is 20.7. The lowest BCUT2D eigenvalue weighted by molar-refractivity contribution is 0.0116. The third kappa shape index (κ3) is 5.80. The lowest BCUT2D eigenvalue weighted by Gasteiger charge is -2.29. The number of hydrogen-bond acceptors (Lipinski definition) is 3. The standard InChI is InChI=1S/C29H29F5O3/c1-3-36-25-13-12-23(28(33)29(25)34)18-6-11-22(24(30)14-18)17-4-8-20(9-5-17)37-15-19-7-10-21(16(2)35)27(32)26(19)31/h6-7,10-14,16-17,20,35H,3-5,8-9,15H2,1-2H3. The van der Waals surface area contributed by atoms with E-state index in [4.69, 9.17) is 9.47 Å². The summed E-state index contributed by atoms with van der Waals surface area (Å²) in [5.74, 6) is -5.06. The highest BCUT2D eigenvalue weighted by Gasteiger charge is 2.26. The van der Waals surface area contributed by atoms with Crippen LogP contribution in [0.25, 0.3) is 11.1 Å². The van der Waals surface area contributed by atoms with Crippen LogP contribution in [0.1, 0.15) is 68.2 Å². The number of halogens is 5. The average molecular weight is 521 g/mol. The molecule has 3 aromatic rings. The van der Waals surface area contributed by atoms with Crippen LogP contribution in [0.15, 0.2) is 42.5 Å². The van der Waals surface area contributed by atoms with Crippen LogP contribution in [-0.4, -0.2) is 17.8 Å². The fraction of sp³-hybridized carbons (Fsp3) is 0.379. The fourth-order valence-corrected chi connectivity index (χ4v) is 4.83. The van der Waals surface area contributed by atoms with Crippen molar-refractivity contribution in [1.29, 1.82) is 0 Å². The highest BCUT2D eigenvalue weighted by atomic mass is 19.2. The minimum Gasteiger partial charge on any atom is -0.491 e. The molecule has 0 spiro atoms. The van der Waals surface area contributed by atoms with Crippen LogP contribution in [0.4, 0.5) is 22.0 Å². The van der Waals surface area contributed by atoms with Gasteiger partial charge in [-0.1, -0.05) is 24.3 Å². The van der Waals surface area contributed by atoms with Crippen LogP contribution in [0.2, 0.25) is 0 Å². The molecule has 3 nitrogen and oxygen atoms in total. The van der Waals surface area contributed by atoms with Crippen LogP contribution in [-0.2, 0) is 11.3 Å². The van der Waals surface area contributed by atoms with Gasteiger partial charge in [0.15, 0.2) is 23.2 Å². The molecule has 4 rings (SSSR count). The molecule has 37 heavy (non-hydrogen) atoms. The van der Waals surface area contributed by atoms with Gasteiger partial charge in [-0.25, -0.2) is 17.6 Å². The molecule has 1 fully saturated rings. The second-order valence-corrected chi connectivity index (χ2v) is 9.31. The quantitative estimate of drug-likeness (QED) is 0.309. The Morgan fingerprint density at radius 2 is 1.59 bits per heavy atom. The molecule has 0 heterocycles. The molecule has 0 bridgehead atoms. The Balaban J connectivity index is 1.38. The number of benzene rings is 3. The summed E-state index contributed by atoms with van der Waals surface area (Å²) in [6, 6.07) is 9.84. The highest BCUT2D eigenvalue weighted by Crippen LogP contribution is 2.38. The maximum absolute atomic E-state index is 15.0. The molecule has 1 unspecified atom stereocenters. The first-order valence-electron chi connectivity index (χ1n) is 12.4. The van der Waals surface area contributed by atoms with Crippen molar-refractivity contribution in [1.82, 2.24) is 0 Å². The Labute approximate surface area is 212 Å². The van der Waals surface area contributed by atoms with Gasteiger partial charge in [-0.2, -0.15) is 4.39 Å². The van der Waals surface area contributed by atoms with E-state index in [1.54, 1.807) is 19.1 Å². The third-order valence-corrected chi connectivity index (χ3v) is 6.89. The lowest BCUT2D eigenvalue weighted by Crippen LogP contribution is -2.21. The molecule has 8 heteroatoms. The predicted molar refractivity (Wildman–Crippen MR) is 130 cm³/mol. The van der Waals surface area contributed by atoms with Gasteiger partial charge in [0.05, 0.1) is 25.4 Å². The average Bonchev–Trinajstić information content (AvgIpc) is 2.88. The van der Waals surface area contributed by atoms with Gasteiger partial charge >= 0.3 is 0 Å². The van der Waals surface area contributed by atoms with Crippen LogP contribution in [0, 0.1) is 29.1 Å². The highest BCUT2D eigenvalue weighted by molar-refractivity contribution is 5.66. The second kappa shape index (κ2) is 11.6. The van der Waals surface area contributed by atoms with E-state index in [9.17, 15) is 22.7 Å². The van der Waals surface area contributed by atoms with Crippen molar-refractivity contribution in [2.75, 3.05) is 6.61 Å². The Morgan fingerprint density at radius 3 is 2.24 bits per heavy atom. The van der Waals surface area contributed by atoms with Gasteiger partial charge in [0.2, 0.25) is 5.82 Å². The van der Waals surface area contributed by atoms with Gasteiger partial charge < -0.3 is 14.6 Å². The number of aliphatic hydroxyl groups is 1. The first-order chi connectivity index (χ1) is 17.7. The maximum Gasteiger partial charge on any atom is 0.201 e. The minimum absolute atomic E-state index is 0.0475. The van der Waals surface area contributed by atoms with Crippen molar-refractivity contribution in [3.63, 3.8) is 0 Å². The van der Waals surface area contributed by atoms with E-state index in [0.29, 0.717) is 31.2 Å². The molecule has 3 aromatic carbocycles.